The van der Waals surface area contributed by atoms with Crippen LogP contribution in [0.15, 0.2) is 24.3 Å². The van der Waals surface area contributed by atoms with Crippen LogP contribution in [0.5, 0.6) is 0 Å². The Morgan fingerprint density at radius 1 is 1.05 bits per heavy atom. The zero-order valence-corrected chi connectivity index (χ0v) is 13.2. The van der Waals surface area contributed by atoms with Crippen LogP contribution < -0.4 is 0 Å². The highest BCUT2D eigenvalue weighted by atomic mass is 16.7. The van der Waals surface area contributed by atoms with E-state index in [0.29, 0.717) is 19.6 Å². The van der Waals surface area contributed by atoms with E-state index in [4.69, 9.17) is 9.47 Å². The molecule has 0 aliphatic rings. The molecule has 0 saturated carbocycles. The van der Waals surface area contributed by atoms with Gasteiger partial charge in [0.1, 0.15) is 0 Å². The molecular formula is C17H26O3. The van der Waals surface area contributed by atoms with Gasteiger partial charge < -0.3 is 9.47 Å². The van der Waals surface area contributed by atoms with E-state index in [-0.39, 0.29) is 17.5 Å². The van der Waals surface area contributed by atoms with Crippen molar-refractivity contribution in [2.24, 2.45) is 5.41 Å². The summed E-state index contributed by atoms with van der Waals surface area (Å²) in [5.74, 6) is 0.174. The van der Waals surface area contributed by atoms with E-state index in [2.05, 4.69) is 20.8 Å². The number of hydrogen-bond donors (Lipinski definition) is 0. The zero-order valence-electron chi connectivity index (χ0n) is 13.2. The minimum absolute atomic E-state index is 0.00886. The number of Topliss-reactive ketones (excluding diaryl/α,β-unsaturated/α-hetero) is 1. The van der Waals surface area contributed by atoms with E-state index in [9.17, 15) is 4.79 Å². The second-order valence-electron chi connectivity index (χ2n) is 6.03. The first-order chi connectivity index (χ1) is 9.37. The van der Waals surface area contributed by atoms with Crippen LogP contribution in [-0.2, 0) is 9.47 Å². The van der Waals surface area contributed by atoms with Crippen LogP contribution in [0.4, 0.5) is 0 Å². The molecule has 112 valence electrons. The zero-order chi connectivity index (χ0) is 15.2. The van der Waals surface area contributed by atoms with Crippen molar-refractivity contribution in [2.75, 3.05) is 13.2 Å². The Hall–Kier alpha value is -1.19. The topological polar surface area (TPSA) is 35.5 Å². The van der Waals surface area contributed by atoms with E-state index in [0.717, 1.165) is 11.1 Å². The first kappa shape index (κ1) is 16.9. The molecule has 0 saturated heterocycles. The number of carbonyl (C=O) groups is 1. The Bertz CT molecular complexity index is 409. The van der Waals surface area contributed by atoms with Crippen LogP contribution in [-0.4, -0.2) is 19.0 Å². The monoisotopic (exact) mass is 278 g/mol. The lowest BCUT2D eigenvalue weighted by Crippen LogP contribution is -2.13. The van der Waals surface area contributed by atoms with Gasteiger partial charge in [-0.3, -0.25) is 4.79 Å². The van der Waals surface area contributed by atoms with Crippen molar-refractivity contribution < 1.29 is 14.3 Å². The molecule has 0 aromatic heterocycles. The van der Waals surface area contributed by atoms with Crippen molar-refractivity contribution >= 4 is 5.78 Å². The summed E-state index contributed by atoms with van der Waals surface area (Å²) in [5.41, 5.74) is 1.70. The summed E-state index contributed by atoms with van der Waals surface area (Å²) in [7, 11) is 0. The molecule has 0 aliphatic heterocycles. The minimum Gasteiger partial charge on any atom is -0.349 e. The van der Waals surface area contributed by atoms with Crippen LogP contribution in [0.3, 0.4) is 0 Å². The van der Waals surface area contributed by atoms with Gasteiger partial charge in [-0.25, -0.2) is 0 Å². The number of rotatable bonds is 7. The summed E-state index contributed by atoms with van der Waals surface area (Å²) in [6, 6.07) is 7.53. The molecular weight excluding hydrogens is 252 g/mol. The molecule has 0 amide bonds. The van der Waals surface area contributed by atoms with Crippen molar-refractivity contribution in [1.29, 1.82) is 0 Å². The minimum atomic E-state index is -0.350. The van der Waals surface area contributed by atoms with Crippen molar-refractivity contribution in [2.45, 2.75) is 47.3 Å². The molecule has 20 heavy (non-hydrogen) atoms. The number of benzene rings is 1. The van der Waals surface area contributed by atoms with Crippen LogP contribution in [0, 0.1) is 5.41 Å². The SMILES string of the molecule is CCOC(OCC)c1ccc(C(=O)CC(C)(C)C)cc1. The Balaban J connectivity index is 2.79. The van der Waals surface area contributed by atoms with Gasteiger partial charge >= 0.3 is 0 Å². The Kier molecular flexibility index (Phi) is 6.37. The maximum atomic E-state index is 12.1. The molecule has 0 aliphatic carbocycles. The van der Waals surface area contributed by atoms with Crippen molar-refractivity contribution in [3.63, 3.8) is 0 Å². The first-order valence-corrected chi connectivity index (χ1v) is 7.23. The Labute approximate surface area is 122 Å². The van der Waals surface area contributed by atoms with E-state index in [1.165, 1.54) is 0 Å². The molecule has 0 N–H and O–H groups in total. The average Bonchev–Trinajstić information content (AvgIpc) is 2.37. The number of carbonyl (C=O) groups excluding carboxylic acids is 1. The van der Waals surface area contributed by atoms with Crippen LogP contribution in [0.1, 0.15) is 63.3 Å². The van der Waals surface area contributed by atoms with Crippen molar-refractivity contribution in [3.05, 3.63) is 35.4 Å². The Morgan fingerprint density at radius 2 is 1.55 bits per heavy atom. The molecule has 0 fully saturated rings. The highest BCUT2D eigenvalue weighted by molar-refractivity contribution is 5.96. The normalized spacial score (nSPS) is 11.9. The van der Waals surface area contributed by atoms with Crippen LogP contribution in [0.25, 0.3) is 0 Å². The van der Waals surface area contributed by atoms with Crippen LogP contribution in [0.2, 0.25) is 0 Å². The second-order valence-corrected chi connectivity index (χ2v) is 6.03. The molecule has 0 spiro atoms. The lowest BCUT2D eigenvalue weighted by atomic mass is 9.88. The van der Waals surface area contributed by atoms with Gasteiger partial charge in [-0.1, -0.05) is 45.0 Å². The number of ether oxygens (including phenoxy) is 2. The summed E-state index contributed by atoms with van der Waals surface area (Å²) in [4.78, 5) is 12.1. The fourth-order valence-electron chi connectivity index (χ4n) is 1.95. The molecule has 0 atom stereocenters. The van der Waals surface area contributed by atoms with Crippen LogP contribution >= 0.6 is 0 Å². The smallest absolute Gasteiger partial charge is 0.183 e. The predicted octanol–water partition coefficient (Wildman–Crippen LogP) is 4.38. The van der Waals surface area contributed by atoms with Gasteiger partial charge in [-0.05, 0) is 19.3 Å². The first-order valence-electron chi connectivity index (χ1n) is 7.23. The van der Waals surface area contributed by atoms with Gasteiger partial charge in [-0.2, -0.15) is 0 Å². The highest BCUT2D eigenvalue weighted by Crippen LogP contribution is 2.23. The third-order valence-corrected chi connectivity index (χ3v) is 2.83. The maximum Gasteiger partial charge on any atom is 0.183 e. The molecule has 1 aromatic carbocycles. The quantitative estimate of drug-likeness (QED) is 0.548. The standard InChI is InChI=1S/C17H26O3/c1-6-19-16(20-7-2)14-10-8-13(9-11-14)15(18)12-17(3,4)5/h8-11,16H,6-7,12H2,1-5H3. The molecule has 1 rings (SSSR count). The molecule has 1 aromatic rings. The lowest BCUT2D eigenvalue weighted by molar-refractivity contribution is -0.140. The number of ketones is 1. The third-order valence-electron chi connectivity index (χ3n) is 2.83. The largest absolute Gasteiger partial charge is 0.349 e. The molecule has 0 heterocycles. The molecule has 0 radical (unpaired) electrons. The van der Waals surface area contributed by atoms with E-state index in [1.807, 2.05) is 38.1 Å². The van der Waals surface area contributed by atoms with Gasteiger partial charge in [0.05, 0.1) is 0 Å². The van der Waals surface area contributed by atoms with Gasteiger partial charge in [0, 0.05) is 30.8 Å². The predicted molar refractivity (Wildman–Crippen MR) is 80.8 cm³/mol. The summed E-state index contributed by atoms with van der Waals surface area (Å²) in [5, 5.41) is 0. The number of hydrogen-bond acceptors (Lipinski definition) is 3. The Morgan fingerprint density at radius 3 is 1.95 bits per heavy atom. The van der Waals surface area contributed by atoms with E-state index in [1.54, 1.807) is 0 Å². The fraction of sp³-hybridized carbons (Fsp3) is 0.588. The average molecular weight is 278 g/mol. The summed E-state index contributed by atoms with van der Waals surface area (Å²) >= 11 is 0. The summed E-state index contributed by atoms with van der Waals surface area (Å²) in [6.45, 7) is 11.3. The summed E-state index contributed by atoms with van der Waals surface area (Å²) in [6.07, 6.45) is 0.198. The maximum absolute atomic E-state index is 12.1. The van der Waals surface area contributed by atoms with Crippen molar-refractivity contribution in [3.8, 4) is 0 Å². The van der Waals surface area contributed by atoms with Crippen molar-refractivity contribution in [1.82, 2.24) is 0 Å². The third kappa shape index (κ3) is 5.43. The van der Waals surface area contributed by atoms with Gasteiger partial charge in [0.2, 0.25) is 0 Å². The lowest BCUT2D eigenvalue weighted by Gasteiger charge is -2.18. The molecule has 0 unspecified atom stereocenters. The molecule has 3 nitrogen and oxygen atoms in total. The summed E-state index contributed by atoms with van der Waals surface area (Å²) < 4.78 is 11.1. The fourth-order valence-corrected chi connectivity index (χ4v) is 1.95. The molecule has 3 heteroatoms. The van der Waals surface area contributed by atoms with Gasteiger partial charge in [-0.15, -0.1) is 0 Å². The van der Waals surface area contributed by atoms with E-state index < -0.39 is 0 Å². The van der Waals surface area contributed by atoms with Gasteiger partial charge in [0.25, 0.3) is 0 Å². The second kappa shape index (κ2) is 7.55. The van der Waals surface area contributed by atoms with E-state index >= 15 is 0 Å². The molecule has 0 bridgehead atoms. The highest BCUT2D eigenvalue weighted by Gasteiger charge is 2.18. The van der Waals surface area contributed by atoms with Gasteiger partial charge in [0.15, 0.2) is 12.1 Å².